The molecule has 6 heteroatoms. The first kappa shape index (κ1) is 11.4. The summed E-state index contributed by atoms with van der Waals surface area (Å²) in [6.07, 6.45) is 0.687. The zero-order valence-electron chi connectivity index (χ0n) is 9.05. The van der Waals surface area contributed by atoms with Gasteiger partial charge in [-0.2, -0.15) is 8.42 Å². The van der Waals surface area contributed by atoms with Crippen molar-refractivity contribution >= 4 is 15.9 Å². The molecule has 88 valence electrons. The third-order valence-corrected chi connectivity index (χ3v) is 3.78. The quantitative estimate of drug-likeness (QED) is 0.779. The van der Waals surface area contributed by atoms with E-state index >= 15 is 0 Å². The predicted octanol–water partition coefficient (Wildman–Crippen LogP) is 0.272. The maximum Gasteiger partial charge on any atom is 0.299 e. The predicted molar refractivity (Wildman–Crippen MR) is 63.2 cm³/mol. The van der Waals surface area contributed by atoms with Crippen molar-refractivity contribution in [2.45, 2.75) is 19.4 Å². The lowest BCUT2D eigenvalue weighted by Crippen LogP contribution is -2.35. The summed E-state index contributed by atoms with van der Waals surface area (Å²) in [7, 11) is -3.65. The lowest BCUT2D eigenvalue weighted by Gasteiger charge is -2.16. The van der Waals surface area contributed by atoms with E-state index in [9.17, 15) is 8.42 Å². The average Bonchev–Trinajstić information content (AvgIpc) is 2.58. The summed E-state index contributed by atoms with van der Waals surface area (Å²) < 4.78 is 23.8. The van der Waals surface area contributed by atoms with Crippen LogP contribution in [0.3, 0.4) is 0 Å². The molecule has 1 unspecified atom stereocenters. The van der Waals surface area contributed by atoms with Crippen molar-refractivity contribution in [3.8, 4) is 0 Å². The Morgan fingerprint density at radius 3 is 2.69 bits per heavy atom. The van der Waals surface area contributed by atoms with Crippen LogP contribution in [0.2, 0.25) is 0 Å². The molecular formula is C10H15N3O2S. The number of fused-ring (bicyclic) bond motifs is 1. The van der Waals surface area contributed by atoms with E-state index in [1.807, 2.05) is 19.1 Å². The van der Waals surface area contributed by atoms with Crippen LogP contribution in [0.15, 0.2) is 18.2 Å². The normalized spacial score (nSPS) is 17.3. The molecule has 1 atom stereocenters. The number of anilines is 1. The van der Waals surface area contributed by atoms with Gasteiger partial charge in [0.05, 0.1) is 5.69 Å². The van der Waals surface area contributed by atoms with Crippen LogP contribution in [0.4, 0.5) is 5.69 Å². The molecule has 0 fully saturated rings. The van der Waals surface area contributed by atoms with Crippen LogP contribution in [0.5, 0.6) is 0 Å². The Labute approximate surface area is 95.2 Å². The summed E-state index contributed by atoms with van der Waals surface area (Å²) in [5.74, 6) is 0. The highest BCUT2D eigenvalue weighted by molar-refractivity contribution is 7.90. The fourth-order valence-corrected chi connectivity index (χ4v) is 2.74. The zero-order valence-corrected chi connectivity index (χ0v) is 9.87. The molecule has 0 bridgehead atoms. The van der Waals surface area contributed by atoms with Gasteiger partial charge in [0.15, 0.2) is 0 Å². The molecule has 1 aromatic carbocycles. The van der Waals surface area contributed by atoms with Crippen LogP contribution < -0.4 is 15.2 Å². The van der Waals surface area contributed by atoms with Gasteiger partial charge >= 0.3 is 0 Å². The van der Waals surface area contributed by atoms with E-state index in [2.05, 4.69) is 0 Å². The summed E-state index contributed by atoms with van der Waals surface area (Å²) in [5.41, 5.74) is 8.44. The Morgan fingerprint density at radius 2 is 2.12 bits per heavy atom. The second-order valence-corrected chi connectivity index (χ2v) is 5.51. The number of hydrogen-bond donors (Lipinski definition) is 2. The van der Waals surface area contributed by atoms with Gasteiger partial charge in [-0.15, -0.1) is 0 Å². The highest BCUT2D eigenvalue weighted by Gasteiger charge is 2.26. The standard InChI is InChI=1S/C10H15N3O2S/c1-7(11)8-2-3-10-9(6-8)4-5-13(10)16(12,14)15/h2-3,6-7H,4-5,11H2,1H3,(H2,12,14,15). The Morgan fingerprint density at radius 1 is 1.44 bits per heavy atom. The van der Waals surface area contributed by atoms with Crippen LogP contribution >= 0.6 is 0 Å². The average molecular weight is 241 g/mol. The van der Waals surface area contributed by atoms with Crippen molar-refractivity contribution in [2.75, 3.05) is 10.8 Å². The highest BCUT2D eigenvalue weighted by Crippen LogP contribution is 2.31. The summed E-state index contributed by atoms with van der Waals surface area (Å²) in [4.78, 5) is 0. The zero-order chi connectivity index (χ0) is 11.9. The topological polar surface area (TPSA) is 89.4 Å². The summed E-state index contributed by atoms with van der Waals surface area (Å²) in [6, 6.07) is 5.51. The summed E-state index contributed by atoms with van der Waals surface area (Å²) in [6.45, 7) is 2.31. The number of benzene rings is 1. The Bertz CT molecular complexity index is 511. The lowest BCUT2D eigenvalue weighted by atomic mass is 10.0. The monoisotopic (exact) mass is 241 g/mol. The molecule has 1 aliphatic rings. The van der Waals surface area contributed by atoms with Gasteiger partial charge < -0.3 is 5.73 Å². The highest BCUT2D eigenvalue weighted by atomic mass is 32.2. The Hall–Kier alpha value is -1.11. The third-order valence-electron chi connectivity index (χ3n) is 2.79. The molecule has 0 amide bonds. The first-order valence-electron chi connectivity index (χ1n) is 5.08. The van der Waals surface area contributed by atoms with Crippen LogP contribution in [-0.2, 0) is 16.6 Å². The van der Waals surface area contributed by atoms with Crippen LogP contribution in [-0.4, -0.2) is 15.0 Å². The van der Waals surface area contributed by atoms with E-state index in [0.717, 1.165) is 11.1 Å². The minimum atomic E-state index is -3.65. The first-order valence-corrected chi connectivity index (χ1v) is 6.59. The molecule has 1 aromatic rings. The summed E-state index contributed by atoms with van der Waals surface area (Å²) in [5, 5.41) is 5.13. The van der Waals surface area contributed by atoms with E-state index in [1.54, 1.807) is 6.07 Å². The van der Waals surface area contributed by atoms with E-state index in [-0.39, 0.29) is 6.04 Å². The Balaban J connectivity index is 2.44. The molecule has 1 heterocycles. The van der Waals surface area contributed by atoms with E-state index in [0.29, 0.717) is 18.7 Å². The molecule has 0 aromatic heterocycles. The summed E-state index contributed by atoms with van der Waals surface area (Å²) >= 11 is 0. The van der Waals surface area contributed by atoms with Crippen molar-refractivity contribution in [3.63, 3.8) is 0 Å². The largest absolute Gasteiger partial charge is 0.324 e. The maximum absolute atomic E-state index is 11.3. The molecule has 1 aliphatic heterocycles. The molecule has 16 heavy (non-hydrogen) atoms. The fourth-order valence-electron chi connectivity index (χ4n) is 1.94. The van der Waals surface area contributed by atoms with Crippen LogP contribution in [0.25, 0.3) is 0 Å². The lowest BCUT2D eigenvalue weighted by molar-refractivity contribution is 0.594. The molecule has 0 radical (unpaired) electrons. The maximum atomic E-state index is 11.3. The van der Waals surface area contributed by atoms with E-state index in [4.69, 9.17) is 10.9 Å². The molecule has 0 saturated carbocycles. The van der Waals surface area contributed by atoms with Crippen molar-refractivity contribution in [1.82, 2.24) is 0 Å². The number of rotatable bonds is 2. The van der Waals surface area contributed by atoms with Crippen LogP contribution in [0.1, 0.15) is 24.1 Å². The second kappa shape index (κ2) is 3.73. The second-order valence-electron chi connectivity index (χ2n) is 4.04. The molecule has 0 aliphatic carbocycles. The Kier molecular flexibility index (Phi) is 2.65. The van der Waals surface area contributed by atoms with Gasteiger partial charge in [-0.1, -0.05) is 12.1 Å². The van der Waals surface area contributed by atoms with Crippen LogP contribution in [0, 0.1) is 0 Å². The van der Waals surface area contributed by atoms with Gasteiger partial charge in [0.25, 0.3) is 10.2 Å². The fraction of sp³-hybridized carbons (Fsp3) is 0.400. The molecule has 5 nitrogen and oxygen atoms in total. The van der Waals surface area contributed by atoms with E-state index in [1.165, 1.54) is 4.31 Å². The van der Waals surface area contributed by atoms with Crippen molar-refractivity contribution < 1.29 is 8.42 Å². The number of nitrogens with zero attached hydrogens (tertiary/aromatic N) is 1. The van der Waals surface area contributed by atoms with Crippen molar-refractivity contribution in [1.29, 1.82) is 0 Å². The third kappa shape index (κ3) is 1.91. The molecule has 0 spiro atoms. The minimum absolute atomic E-state index is 0.0474. The van der Waals surface area contributed by atoms with Gasteiger partial charge in [-0.3, -0.25) is 4.31 Å². The van der Waals surface area contributed by atoms with Crippen molar-refractivity contribution in [2.24, 2.45) is 10.9 Å². The molecule has 0 saturated heterocycles. The van der Waals surface area contributed by atoms with Gasteiger partial charge in [0.2, 0.25) is 0 Å². The first-order chi connectivity index (χ1) is 7.39. The molecule has 4 N–H and O–H groups in total. The van der Waals surface area contributed by atoms with E-state index < -0.39 is 10.2 Å². The minimum Gasteiger partial charge on any atom is -0.324 e. The van der Waals surface area contributed by atoms with Crippen molar-refractivity contribution in [3.05, 3.63) is 29.3 Å². The molecule has 2 rings (SSSR count). The number of nitrogens with two attached hydrogens (primary N) is 2. The van der Waals surface area contributed by atoms with Gasteiger partial charge in [-0.25, -0.2) is 5.14 Å². The molecular weight excluding hydrogens is 226 g/mol. The van der Waals surface area contributed by atoms with Gasteiger partial charge in [0, 0.05) is 12.6 Å². The van der Waals surface area contributed by atoms with Gasteiger partial charge in [-0.05, 0) is 30.5 Å². The SMILES string of the molecule is CC(N)c1ccc2c(c1)CCN2S(N)(=O)=O. The van der Waals surface area contributed by atoms with Gasteiger partial charge in [0.1, 0.15) is 0 Å². The number of hydrogen-bond acceptors (Lipinski definition) is 3. The smallest absolute Gasteiger partial charge is 0.299 e.